The quantitative estimate of drug-likeness (QED) is 0.0225. The van der Waals surface area contributed by atoms with Gasteiger partial charge in [0.25, 0.3) is 29.0 Å². The van der Waals surface area contributed by atoms with Crippen molar-refractivity contribution in [3.8, 4) is 28.0 Å². The Kier molecular flexibility index (Phi) is 31.7. The Hall–Kier alpha value is -11.3. The first kappa shape index (κ1) is 90.6. The standard InChI is InChI=1S/C32H33ClN4O4.C16H12N2O3.C15H19BO5.C9H7BrO3.C8H5BrO3.C8H7BrO/c1-36-28-17-21(7-8-24(28)18-34-36)20-5-4-6-22(15-20)31(39)32(40)35-27(19-37-13-2-3-14-37)30(38)23-9-12-29(26(33)16-23)41-25-10-11-25;1-18-14-8-11(5-6-13(14)9-17-18)10-3-2-4-12(7-10)15(19)16(20)21;1-14(2)15(3,4)21-16(20-14)11-8-6-7-10(9-11)12(17)13(18)19-5;1-13-9(12)8(11)6-3-2-4-7(10)5-6;9-6-3-1-2-5(4-6)7(10)8(11)12;1-6(10)7-3-2-4-8(9)5-7/h4-9,12,15-18,25,27,30,38H,2-3,10-11,13-14,19H2,1H3,(H,35,40);2-9H,1H3,(H,20,21);6-9H,1-5H3;2-5H,1H3;1-4H,(H,11,12);2-5H,1H3/t27-,30-;;;;;/m1...../s1. The van der Waals surface area contributed by atoms with Gasteiger partial charge in [0.05, 0.1) is 66.0 Å². The molecule has 1 aliphatic carbocycles. The normalized spacial score (nSPS) is 14.0. The number of amides is 1. The van der Waals surface area contributed by atoms with Crippen molar-refractivity contribution in [2.24, 2.45) is 14.1 Å². The summed E-state index contributed by atoms with van der Waals surface area (Å²) in [6, 6.07) is 56.8. The van der Waals surface area contributed by atoms with Crippen LogP contribution in [0.4, 0.5) is 0 Å². The molecule has 0 unspecified atom stereocenters. The summed E-state index contributed by atoms with van der Waals surface area (Å²) in [6.45, 7) is 11.6. The van der Waals surface area contributed by atoms with Gasteiger partial charge in [-0.05, 0) is 179 Å². The Morgan fingerprint density at radius 2 is 0.932 bits per heavy atom. The number of fused-ring (bicyclic) bond motifs is 2. The summed E-state index contributed by atoms with van der Waals surface area (Å²) >= 11 is 16.1. The highest BCUT2D eigenvalue weighted by Gasteiger charge is 2.52. The van der Waals surface area contributed by atoms with E-state index in [1.165, 1.54) is 32.4 Å². The van der Waals surface area contributed by atoms with Crippen LogP contribution >= 0.6 is 59.4 Å². The number of aromatic nitrogens is 4. The molecule has 2 saturated heterocycles. The zero-order valence-corrected chi connectivity index (χ0v) is 71.1. The molecule has 3 fully saturated rings. The Labute approximate surface area is 710 Å². The van der Waals surface area contributed by atoms with Gasteiger partial charge in [0.15, 0.2) is 5.78 Å². The molecule has 4 N–H and O–H groups in total. The number of aliphatic carboxylic acids is 2. The number of hydrogen-bond acceptors (Lipinski definition) is 20. The second-order valence-electron chi connectivity index (χ2n) is 28.3. The van der Waals surface area contributed by atoms with Crippen LogP contribution < -0.4 is 15.5 Å². The molecular formula is C88H83BBr3ClN6O19. The molecule has 610 valence electrons. The Balaban J connectivity index is 0.000000175. The molecule has 2 atom stereocenters. The predicted octanol–water partition coefficient (Wildman–Crippen LogP) is 15.0. The molecule has 25 nitrogen and oxygen atoms in total. The number of carbonyl (C=O) groups excluding carboxylic acids is 9. The molecule has 9 aromatic carbocycles. The van der Waals surface area contributed by atoms with E-state index in [1.54, 1.807) is 144 Å². The van der Waals surface area contributed by atoms with Crippen LogP contribution in [-0.2, 0) is 56.9 Å². The number of halogens is 4. The van der Waals surface area contributed by atoms with Crippen LogP contribution in [0.25, 0.3) is 44.1 Å². The van der Waals surface area contributed by atoms with Gasteiger partial charge in [-0.3, -0.25) is 42.9 Å². The number of ether oxygens (including phenoxy) is 3. The maximum atomic E-state index is 13.3. The van der Waals surface area contributed by atoms with E-state index in [0.717, 1.165) is 97.3 Å². The summed E-state index contributed by atoms with van der Waals surface area (Å²) in [5, 5.41) is 42.3. The van der Waals surface area contributed by atoms with Crippen LogP contribution in [0.3, 0.4) is 0 Å². The zero-order chi connectivity index (χ0) is 85.9. The number of aliphatic hydroxyl groups is 1. The zero-order valence-electron chi connectivity index (χ0n) is 65.6. The maximum absolute atomic E-state index is 13.3. The molecule has 2 aromatic heterocycles. The Bertz CT molecular complexity index is 5590. The molecule has 14 rings (SSSR count). The van der Waals surface area contributed by atoms with E-state index < -0.39 is 89.2 Å². The number of aryl methyl sites for hydroxylation is 2. The highest BCUT2D eigenvalue weighted by molar-refractivity contribution is 9.11. The molecule has 0 spiro atoms. The summed E-state index contributed by atoms with van der Waals surface area (Å²) in [5.41, 5.74) is 7.69. The number of nitrogens with one attached hydrogen (secondary N) is 1. The van der Waals surface area contributed by atoms with Crippen LogP contribution in [-0.4, -0.2) is 169 Å². The molecule has 118 heavy (non-hydrogen) atoms. The number of rotatable bonds is 21. The number of likely N-dealkylation sites (tertiary alicyclic amines) is 1. The molecule has 1 amide bonds. The average Bonchev–Trinajstić information content (AvgIpc) is 1.62. The smallest absolute Gasteiger partial charge is 0.489 e. The summed E-state index contributed by atoms with van der Waals surface area (Å²) < 4.78 is 32.4. The number of esters is 2. The molecule has 1 saturated carbocycles. The Morgan fingerprint density at radius 3 is 1.36 bits per heavy atom. The lowest BCUT2D eigenvalue weighted by Crippen LogP contribution is -2.48. The van der Waals surface area contributed by atoms with Gasteiger partial charge in [-0.25, -0.2) is 19.2 Å². The van der Waals surface area contributed by atoms with Crippen LogP contribution in [0, 0.1) is 0 Å². The highest BCUT2D eigenvalue weighted by atomic mass is 79.9. The predicted molar refractivity (Wildman–Crippen MR) is 456 cm³/mol. The molecular weight excluding hydrogens is 1730 g/mol. The van der Waals surface area contributed by atoms with E-state index >= 15 is 0 Å². The second-order valence-corrected chi connectivity index (χ2v) is 31.5. The van der Waals surface area contributed by atoms with Crippen molar-refractivity contribution < 1.29 is 91.6 Å². The van der Waals surface area contributed by atoms with Crippen LogP contribution in [0.1, 0.15) is 134 Å². The number of carboxylic acids is 2. The largest absolute Gasteiger partial charge is 0.494 e. The molecule has 0 bridgehead atoms. The number of Topliss-reactive ketones (excluding diaryl/α,β-unsaturated/α-hetero) is 6. The summed E-state index contributed by atoms with van der Waals surface area (Å²) in [5.74, 6) is -8.47. The third-order valence-electron chi connectivity index (χ3n) is 19.3. The van der Waals surface area contributed by atoms with Gasteiger partial charge in [0.1, 0.15) is 11.9 Å². The molecule has 2 aliphatic heterocycles. The molecule has 4 heterocycles. The van der Waals surface area contributed by atoms with E-state index in [4.69, 9.17) is 35.9 Å². The summed E-state index contributed by atoms with van der Waals surface area (Å²) in [6.07, 6.45) is 6.88. The minimum absolute atomic E-state index is 0.0984. The fourth-order valence-corrected chi connectivity index (χ4v) is 13.4. The number of nitrogens with zero attached hydrogens (tertiary/aromatic N) is 5. The number of hydrogen-bond donors (Lipinski definition) is 4. The lowest BCUT2D eigenvalue weighted by molar-refractivity contribution is -0.135. The first-order valence-corrected chi connectivity index (χ1v) is 39.6. The van der Waals surface area contributed by atoms with Crippen molar-refractivity contribution in [1.29, 1.82) is 0 Å². The average molecular weight is 1810 g/mol. The van der Waals surface area contributed by atoms with E-state index in [0.29, 0.717) is 38.4 Å². The summed E-state index contributed by atoms with van der Waals surface area (Å²) in [7, 11) is 5.53. The molecule has 11 aromatic rings. The minimum Gasteiger partial charge on any atom is -0.489 e. The van der Waals surface area contributed by atoms with Crippen molar-refractivity contribution in [3.05, 3.63) is 270 Å². The number of methoxy groups -OCH3 is 2. The van der Waals surface area contributed by atoms with Crippen molar-refractivity contribution in [1.82, 2.24) is 29.8 Å². The minimum atomic E-state index is -1.45. The van der Waals surface area contributed by atoms with Gasteiger partial charge in [0.2, 0.25) is 5.78 Å². The first-order valence-electron chi connectivity index (χ1n) is 36.9. The molecule has 3 aliphatic rings. The molecule has 0 radical (unpaired) electrons. The monoisotopic (exact) mass is 1810 g/mol. The van der Waals surface area contributed by atoms with Gasteiger partial charge in [-0.1, -0.05) is 187 Å². The van der Waals surface area contributed by atoms with Gasteiger partial charge in [-0.2, -0.15) is 10.2 Å². The second kappa shape index (κ2) is 41.2. The number of ketones is 6. The number of carboxylic acid groups (broad SMARTS) is 2. The Morgan fingerprint density at radius 1 is 0.525 bits per heavy atom. The summed E-state index contributed by atoms with van der Waals surface area (Å²) in [4.78, 5) is 128. The number of carbonyl (C=O) groups is 11. The topological polar surface area (TPSA) is 346 Å². The lowest BCUT2D eigenvalue weighted by Gasteiger charge is -2.32. The SMILES string of the molecule is CC(=O)c1cccc(Br)c1.COC(=O)C(=O)c1cccc(B2OC(C)(C)C(C)(C)O2)c1.COC(=O)C(=O)c1cccc(Br)c1.Cn1ncc2ccc(-c3cccc(C(=O)C(=O)N[C@H](CN4CCCC4)[C@H](O)c4ccc(OC5CC5)c(Cl)c4)c3)cc21.Cn1ncc2ccc(-c3cccc(C(=O)C(=O)O)c3)cc21.O=C(O)C(=O)c1cccc(Br)c1. The van der Waals surface area contributed by atoms with Gasteiger partial charge >= 0.3 is 31.0 Å². The van der Waals surface area contributed by atoms with Gasteiger partial charge in [-0.15, -0.1) is 0 Å². The van der Waals surface area contributed by atoms with Crippen molar-refractivity contribution in [2.45, 2.75) is 89.8 Å². The molecule has 30 heteroatoms. The van der Waals surface area contributed by atoms with Crippen LogP contribution in [0.5, 0.6) is 5.75 Å². The van der Waals surface area contributed by atoms with Crippen LogP contribution in [0.15, 0.2) is 226 Å². The lowest BCUT2D eigenvalue weighted by atomic mass is 9.78. The van der Waals surface area contributed by atoms with Gasteiger partial charge in [0, 0.05) is 78.2 Å². The van der Waals surface area contributed by atoms with E-state index in [9.17, 15) is 57.8 Å². The first-order chi connectivity index (χ1) is 56.0. The fourth-order valence-electron chi connectivity index (χ4n) is 12.0. The third kappa shape index (κ3) is 24.4. The maximum Gasteiger partial charge on any atom is 0.494 e. The van der Waals surface area contributed by atoms with Gasteiger partial charge < -0.3 is 49.1 Å². The van der Waals surface area contributed by atoms with Crippen molar-refractivity contribution in [3.63, 3.8) is 0 Å². The van der Waals surface area contributed by atoms with Crippen molar-refractivity contribution in [2.75, 3.05) is 33.9 Å². The number of aliphatic hydroxyl groups excluding tert-OH is 1. The highest BCUT2D eigenvalue weighted by Crippen LogP contribution is 2.38. The van der Waals surface area contributed by atoms with E-state index in [1.807, 2.05) is 109 Å². The van der Waals surface area contributed by atoms with E-state index in [-0.39, 0.29) is 34.1 Å². The third-order valence-corrected chi connectivity index (χ3v) is 21.1. The fraction of sp³-hybridized carbons (Fsp3) is 0.239. The van der Waals surface area contributed by atoms with E-state index in [2.05, 4.69) is 77.7 Å². The van der Waals surface area contributed by atoms with Crippen LogP contribution in [0.2, 0.25) is 5.02 Å². The number of benzene rings is 9. The van der Waals surface area contributed by atoms with Crippen molar-refractivity contribution >= 4 is 158 Å².